The number of hydrogen-bond acceptors (Lipinski definition) is 3. The van der Waals surface area contributed by atoms with Gasteiger partial charge in [0.2, 0.25) is 5.78 Å². The lowest BCUT2D eigenvalue weighted by atomic mass is 9.99. The molecule has 0 saturated carbocycles. The highest BCUT2D eigenvalue weighted by atomic mass is 35.5. The molecule has 0 aliphatic rings. The number of hydrogen-bond donors (Lipinski definition) is 1. The van der Waals surface area contributed by atoms with Crippen molar-refractivity contribution in [3.63, 3.8) is 0 Å². The Morgan fingerprint density at radius 2 is 1.76 bits per heavy atom. The third kappa shape index (κ3) is 4.24. The minimum Gasteiger partial charge on any atom is -0.303 e. The van der Waals surface area contributed by atoms with Crippen molar-refractivity contribution in [3.8, 4) is 0 Å². The molecule has 1 atom stereocenters. The second kappa shape index (κ2) is 8.60. The molecule has 4 aromatic rings. The second-order valence-corrected chi connectivity index (χ2v) is 7.44. The third-order valence-corrected chi connectivity index (χ3v) is 5.28. The Balaban J connectivity index is 1.60. The number of imidazole rings is 1. The monoisotopic (exact) mass is 403 g/mol. The Hall–Kier alpha value is -2.95. The molecule has 29 heavy (non-hydrogen) atoms. The summed E-state index contributed by atoms with van der Waals surface area (Å²) in [5, 5.41) is 4.16. The zero-order chi connectivity index (χ0) is 20.2. The highest BCUT2D eigenvalue weighted by Gasteiger charge is 2.25. The Morgan fingerprint density at radius 1 is 1.03 bits per heavy atom. The Labute approximate surface area is 175 Å². The van der Waals surface area contributed by atoms with Crippen molar-refractivity contribution in [1.82, 2.24) is 14.7 Å². The number of pyridine rings is 1. The van der Waals surface area contributed by atoms with Gasteiger partial charge in [-0.3, -0.25) is 4.79 Å². The lowest BCUT2D eigenvalue weighted by Gasteiger charge is -2.17. The van der Waals surface area contributed by atoms with Crippen LogP contribution in [0.4, 0.5) is 0 Å². The summed E-state index contributed by atoms with van der Waals surface area (Å²) < 4.78 is 1.95. The number of Topliss-reactive ketones (excluding diaryl/α,β-unsaturated/α-hetero) is 1. The van der Waals surface area contributed by atoms with Gasteiger partial charge in [-0.25, -0.2) is 4.98 Å². The number of nitrogens with one attached hydrogen (secondary N) is 1. The molecule has 0 radical (unpaired) electrons. The number of carbonyl (C=O) groups is 1. The minimum absolute atomic E-state index is 0.0240. The number of aromatic nitrogens is 2. The van der Waals surface area contributed by atoms with Gasteiger partial charge in [0, 0.05) is 17.8 Å². The standard InChI is InChI=1S/C24H22ClN3O/c1-17-27-23(21-9-5-6-16-28(17)21)24(29)22(19-7-3-2-4-8-19)26-15-14-18-10-12-20(25)13-11-18/h2-13,16,22,26H,14-15H2,1H3/t22-/m1/s1. The Morgan fingerprint density at radius 3 is 2.52 bits per heavy atom. The zero-order valence-electron chi connectivity index (χ0n) is 16.2. The van der Waals surface area contributed by atoms with Crippen LogP contribution in [0, 0.1) is 6.92 Å². The van der Waals surface area contributed by atoms with Gasteiger partial charge < -0.3 is 9.72 Å². The lowest BCUT2D eigenvalue weighted by Crippen LogP contribution is -2.30. The number of aryl methyl sites for hydroxylation is 1. The highest BCUT2D eigenvalue weighted by molar-refractivity contribution is 6.30. The third-order valence-electron chi connectivity index (χ3n) is 5.03. The molecule has 0 aliphatic carbocycles. The molecule has 4 nitrogen and oxygen atoms in total. The van der Waals surface area contributed by atoms with Gasteiger partial charge in [-0.15, -0.1) is 0 Å². The molecular formula is C24H22ClN3O. The summed E-state index contributed by atoms with van der Waals surface area (Å²) in [5.41, 5.74) is 3.43. The molecule has 0 unspecified atom stereocenters. The van der Waals surface area contributed by atoms with Gasteiger partial charge in [0.15, 0.2) is 0 Å². The average Bonchev–Trinajstić information content (AvgIpc) is 3.10. The molecule has 2 aromatic carbocycles. The molecule has 2 heterocycles. The van der Waals surface area contributed by atoms with Crippen molar-refractivity contribution in [2.75, 3.05) is 6.54 Å². The van der Waals surface area contributed by atoms with Crippen molar-refractivity contribution in [2.24, 2.45) is 0 Å². The van der Waals surface area contributed by atoms with Gasteiger partial charge in [0.05, 0.1) is 11.6 Å². The molecule has 0 spiro atoms. The van der Waals surface area contributed by atoms with Crippen LogP contribution in [0.3, 0.4) is 0 Å². The number of carbonyl (C=O) groups excluding carboxylic acids is 1. The normalized spacial score (nSPS) is 12.2. The summed E-state index contributed by atoms with van der Waals surface area (Å²) in [7, 11) is 0. The van der Waals surface area contributed by atoms with Crippen LogP contribution in [-0.4, -0.2) is 21.7 Å². The molecule has 0 amide bonds. The summed E-state index contributed by atoms with van der Waals surface area (Å²) in [6, 6.07) is 22.9. The summed E-state index contributed by atoms with van der Waals surface area (Å²) in [4.78, 5) is 18.1. The maximum Gasteiger partial charge on any atom is 0.204 e. The van der Waals surface area contributed by atoms with Crippen LogP contribution < -0.4 is 5.32 Å². The second-order valence-electron chi connectivity index (χ2n) is 7.00. The van der Waals surface area contributed by atoms with E-state index in [2.05, 4.69) is 10.3 Å². The smallest absolute Gasteiger partial charge is 0.204 e. The van der Waals surface area contributed by atoms with Crippen LogP contribution in [-0.2, 0) is 6.42 Å². The Bertz CT molecular complexity index is 1120. The maximum absolute atomic E-state index is 13.5. The molecule has 0 fully saturated rings. The quantitative estimate of drug-likeness (QED) is 0.439. The molecule has 0 aliphatic heterocycles. The van der Waals surface area contributed by atoms with Crippen LogP contribution in [0.25, 0.3) is 5.52 Å². The van der Waals surface area contributed by atoms with Crippen LogP contribution in [0.5, 0.6) is 0 Å². The fourth-order valence-corrected chi connectivity index (χ4v) is 3.65. The first-order valence-electron chi connectivity index (χ1n) is 9.64. The SMILES string of the molecule is Cc1nc(C(=O)[C@H](NCCc2ccc(Cl)cc2)c2ccccc2)c2ccccn12. The molecule has 2 aromatic heterocycles. The van der Waals surface area contributed by atoms with E-state index in [1.54, 1.807) is 0 Å². The van der Waals surface area contributed by atoms with Gasteiger partial charge in [-0.1, -0.05) is 60.1 Å². The van der Waals surface area contributed by atoms with Crippen LogP contribution in [0.1, 0.15) is 33.5 Å². The van der Waals surface area contributed by atoms with Gasteiger partial charge in [0.25, 0.3) is 0 Å². The number of fused-ring (bicyclic) bond motifs is 1. The van der Waals surface area contributed by atoms with Crippen LogP contribution in [0.15, 0.2) is 79.0 Å². The summed E-state index contributed by atoms with van der Waals surface area (Å²) in [6.07, 6.45) is 2.73. The summed E-state index contributed by atoms with van der Waals surface area (Å²) in [5.74, 6) is 0.779. The topological polar surface area (TPSA) is 46.4 Å². The van der Waals surface area contributed by atoms with E-state index in [9.17, 15) is 4.79 Å². The largest absolute Gasteiger partial charge is 0.303 e. The molecule has 0 bridgehead atoms. The molecule has 146 valence electrons. The van der Waals surface area contributed by atoms with E-state index >= 15 is 0 Å². The first-order chi connectivity index (χ1) is 14.1. The number of halogens is 1. The van der Waals surface area contributed by atoms with E-state index in [0.29, 0.717) is 12.2 Å². The Kier molecular flexibility index (Phi) is 5.74. The van der Waals surface area contributed by atoms with Crippen molar-refractivity contribution >= 4 is 22.9 Å². The van der Waals surface area contributed by atoms with Gasteiger partial charge in [0.1, 0.15) is 11.5 Å². The minimum atomic E-state index is -0.457. The van der Waals surface area contributed by atoms with Gasteiger partial charge >= 0.3 is 0 Å². The van der Waals surface area contributed by atoms with Crippen molar-refractivity contribution < 1.29 is 4.79 Å². The molecule has 4 rings (SSSR count). The van der Waals surface area contributed by atoms with E-state index in [1.807, 2.05) is 90.3 Å². The van der Waals surface area contributed by atoms with E-state index in [4.69, 9.17) is 11.6 Å². The van der Waals surface area contributed by atoms with E-state index in [1.165, 1.54) is 5.56 Å². The fraction of sp³-hybridized carbons (Fsp3) is 0.167. The van der Waals surface area contributed by atoms with E-state index < -0.39 is 6.04 Å². The highest BCUT2D eigenvalue weighted by Crippen LogP contribution is 2.22. The van der Waals surface area contributed by atoms with Crippen LogP contribution in [0.2, 0.25) is 5.02 Å². The summed E-state index contributed by atoms with van der Waals surface area (Å²) >= 11 is 5.97. The fourth-order valence-electron chi connectivity index (χ4n) is 3.53. The lowest BCUT2D eigenvalue weighted by molar-refractivity contribution is 0.0940. The zero-order valence-corrected chi connectivity index (χ0v) is 16.9. The molecular weight excluding hydrogens is 382 g/mol. The van der Waals surface area contributed by atoms with E-state index in [-0.39, 0.29) is 5.78 Å². The molecule has 1 N–H and O–H groups in total. The van der Waals surface area contributed by atoms with Gasteiger partial charge in [-0.05, 0) is 48.7 Å². The molecule has 0 saturated heterocycles. The first kappa shape index (κ1) is 19.4. The number of rotatable bonds is 7. The molecule has 5 heteroatoms. The van der Waals surface area contributed by atoms with Crippen molar-refractivity contribution in [2.45, 2.75) is 19.4 Å². The number of benzene rings is 2. The van der Waals surface area contributed by atoms with Crippen molar-refractivity contribution in [1.29, 1.82) is 0 Å². The van der Waals surface area contributed by atoms with Crippen molar-refractivity contribution in [3.05, 3.63) is 107 Å². The predicted octanol–water partition coefficient (Wildman–Crippen LogP) is 5.05. The maximum atomic E-state index is 13.5. The predicted molar refractivity (Wildman–Crippen MR) is 117 cm³/mol. The van der Waals surface area contributed by atoms with Crippen LogP contribution >= 0.6 is 11.6 Å². The van der Waals surface area contributed by atoms with Gasteiger partial charge in [-0.2, -0.15) is 0 Å². The number of nitrogens with zero attached hydrogens (tertiary/aromatic N) is 2. The average molecular weight is 404 g/mol. The van der Waals surface area contributed by atoms with E-state index in [0.717, 1.165) is 28.3 Å². The summed E-state index contributed by atoms with van der Waals surface area (Å²) in [6.45, 7) is 2.58. The first-order valence-corrected chi connectivity index (χ1v) is 10.0. The number of ketones is 1.